The molecule has 0 bridgehead atoms. The molecule has 7 heteroatoms. The minimum atomic E-state index is -0.312. The number of hydrogen-bond acceptors (Lipinski definition) is 4. The Morgan fingerprint density at radius 1 is 1.00 bits per heavy atom. The molecule has 2 aromatic heterocycles. The average molecular weight is 530 g/mol. The number of amides is 1. The van der Waals surface area contributed by atoms with E-state index in [1.54, 1.807) is 12.1 Å². The van der Waals surface area contributed by atoms with E-state index in [0.717, 1.165) is 37.9 Å². The normalized spacial score (nSPS) is 11.1. The van der Waals surface area contributed by atoms with Crippen molar-refractivity contribution >= 4 is 38.3 Å². The molecule has 0 radical (unpaired) electrons. The van der Waals surface area contributed by atoms with Gasteiger partial charge in [-0.3, -0.25) is 9.48 Å². The van der Waals surface area contributed by atoms with Crippen LogP contribution in [0.3, 0.4) is 0 Å². The van der Waals surface area contributed by atoms with E-state index in [4.69, 9.17) is 9.15 Å². The minimum Gasteiger partial charge on any atom is -0.486 e. The lowest BCUT2D eigenvalue weighted by molar-refractivity contribution is 0.0992. The second-order valence-electron chi connectivity index (χ2n) is 8.36. The third-order valence-corrected chi connectivity index (χ3v) is 6.95. The van der Waals surface area contributed by atoms with Gasteiger partial charge < -0.3 is 14.5 Å². The van der Waals surface area contributed by atoms with Crippen LogP contribution in [0.1, 0.15) is 33.3 Å². The Labute approximate surface area is 211 Å². The predicted molar refractivity (Wildman–Crippen MR) is 140 cm³/mol. The Morgan fingerprint density at radius 3 is 2.63 bits per heavy atom. The highest BCUT2D eigenvalue weighted by molar-refractivity contribution is 9.10. The van der Waals surface area contributed by atoms with Crippen molar-refractivity contribution in [2.75, 3.05) is 5.32 Å². The summed E-state index contributed by atoms with van der Waals surface area (Å²) in [5.41, 5.74) is 3.74. The Bertz CT molecular complexity index is 1520. The predicted octanol–water partition coefficient (Wildman–Crippen LogP) is 6.89. The Balaban J connectivity index is 1.21. The van der Waals surface area contributed by atoms with Gasteiger partial charge in [-0.2, -0.15) is 5.10 Å². The molecular formula is C28H24BrN3O3. The number of benzene rings is 3. The maximum absolute atomic E-state index is 12.8. The highest BCUT2D eigenvalue weighted by Gasteiger charge is 2.13. The number of fused-ring (bicyclic) bond motifs is 1. The van der Waals surface area contributed by atoms with Gasteiger partial charge in [-0.05, 0) is 82.5 Å². The van der Waals surface area contributed by atoms with Gasteiger partial charge in [0.05, 0.1) is 22.4 Å². The van der Waals surface area contributed by atoms with Crippen LogP contribution in [-0.2, 0) is 13.2 Å². The summed E-state index contributed by atoms with van der Waals surface area (Å²) in [5, 5.41) is 9.73. The number of anilines is 1. The Morgan fingerprint density at radius 2 is 1.83 bits per heavy atom. The number of aromatic nitrogens is 2. The van der Waals surface area contributed by atoms with Gasteiger partial charge in [-0.1, -0.05) is 42.5 Å². The van der Waals surface area contributed by atoms with Crippen LogP contribution in [0.25, 0.3) is 10.8 Å². The topological polar surface area (TPSA) is 69.3 Å². The van der Waals surface area contributed by atoms with E-state index in [-0.39, 0.29) is 18.3 Å². The van der Waals surface area contributed by atoms with Crippen LogP contribution >= 0.6 is 15.9 Å². The first-order valence-electron chi connectivity index (χ1n) is 11.3. The molecule has 176 valence electrons. The van der Waals surface area contributed by atoms with E-state index in [0.29, 0.717) is 18.0 Å². The molecule has 0 fully saturated rings. The van der Waals surface area contributed by atoms with Gasteiger partial charge >= 0.3 is 0 Å². The number of rotatable bonds is 7. The standard InChI is InChI=1S/C28H24BrN3O3/c1-18-27(29)19(2)32(31-18)16-20-6-5-9-23(14-20)30-28(33)26-13-12-25(35-26)17-34-24-11-10-21-7-3-4-8-22(21)15-24/h3-15H,16-17H2,1-2H3,(H,30,33). The lowest BCUT2D eigenvalue weighted by Gasteiger charge is -2.08. The maximum atomic E-state index is 12.8. The minimum absolute atomic E-state index is 0.231. The summed E-state index contributed by atoms with van der Waals surface area (Å²) >= 11 is 3.56. The van der Waals surface area contributed by atoms with Crippen LogP contribution in [0, 0.1) is 13.8 Å². The van der Waals surface area contributed by atoms with Crippen LogP contribution in [0.4, 0.5) is 5.69 Å². The summed E-state index contributed by atoms with van der Waals surface area (Å²) in [6.45, 7) is 4.83. The summed E-state index contributed by atoms with van der Waals surface area (Å²) < 4.78 is 14.5. The van der Waals surface area contributed by atoms with E-state index in [2.05, 4.69) is 32.4 Å². The van der Waals surface area contributed by atoms with Crippen LogP contribution in [0.15, 0.2) is 87.8 Å². The number of halogens is 1. The molecule has 0 atom stereocenters. The van der Waals surface area contributed by atoms with E-state index < -0.39 is 0 Å². The molecule has 2 heterocycles. The van der Waals surface area contributed by atoms with Crippen molar-refractivity contribution in [2.45, 2.75) is 27.0 Å². The molecule has 0 aliphatic rings. The summed E-state index contributed by atoms with van der Waals surface area (Å²) in [4.78, 5) is 12.8. The van der Waals surface area contributed by atoms with E-state index in [1.165, 1.54) is 0 Å². The molecule has 5 aromatic rings. The lowest BCUT2D eigenvalue weighted by Crippen LogP contribution is -2.11. The Kier molecular flexibility index (Phi) is 6.42. The number of ether oxygens (including phenoxy) is 1. The number of hydrogen-bond donors (Lipinski definition) is 1. The molecule has 0 saturated carbocycles. The smallest absolute Gasteiger partial charge is 0.291 e. The fraction of sp³-hybridized carbons (Fsp3) is 0.143. The molecule has 0 saturated heterocycles. The molecule has 1 N–H and O–H groups in total. The molecule has 3 aromatic carbocycles. The number of nitrogens with one attached hydrogen (secondary N) is 1. The first-order valence-corrected chi connectivity index (χ1v) is 12.1. The van der Waals surface area contributed by atoms with Crippen LogP contribution in [0.5, 0.6) is 5.75 Å². The quantitative estimate of drug-likeness (QED) is 0.249. The van der Waals surface area contributed by atoms with Gasteiger partial charge in [0.1, 0.15) is 18.1 Å². The molecule has 0 spiro atoms. The zero-order chi connectivity index (χ0) is 24.4. The molecule has 5 rings (SSSR count). The SMILES string of the molecule is Cc1nn(Cc2cccc(NC(=O)c3ccc(COc4ccc5ccccc5c4)o3)c2)c(C)c1Br. The van der Waals surface area contributed by atoms with Crippen LogP contribution in [-0.4, -0.2) is 15.7 Å². The fourth-order valence-corrected chi connectivity index (χ4v) is 4.22. The number of aryl methyl sites for hydroxylation is 1. The van der Waals surface area contributed by atoms with Crippen molar-refractivity contribution in [3.05, 3.63) is 112 Å². The zero-order valence-electron chi connectivity index (χ0n) is 19.4. The van der Waals surface area contributed by atoms with E-state index >= 15 is 0 Å². The van der Waals surface area contributed by atoms with Crippen molar-refractivity contribution in [2.24, 2.45) is 0 Å². The fourth-order valence-electron chi connectivity index (χ4n) is 3.93. The highest BCUT2D eigenvalue weighted by Crippen LogP contribution is 2.23. The van der Waals surface area contributed by atoms with E-state index in [1.807, 2.05) is 79.2 Å². The largest absolute Gasteiger partial charge is 0.486 e. The summed E-state index contributed by atoms with van der Waals surface area (Å²) in [6, 6.07) is 25.2. The van der Waals surface area contributed by atoms with Gasteiger partial charge in [-0.15, -0.1) is 0 Å². The van der Waals surface area contributed by atoms with E-state index in [9.17, 15) is 4.79 Å². The average Bonchev–Trinajstić information content (AvgIpc) is 3.44. The van der Waals surface area contributed by atoms with Crippen molar-refractivity contribution < 1.29 is 13.9 Å². The lowest BCUT2D eigenvalue weighted by atomic mass is 10.1. The van der Waals surface area contributed by atoms with Crippen molar-refractivity contribution in [1.29, 1.82) is 0 Å². The molecule has 0 aliphatic heterocycles. The second-order valence-corrected chi connectivity index (χ2v) is 9.15. The third kappa shape index (κ3) is 5.15. The molecule has 35 heavy (non-hydrogen) atoms. The monoisotopic (exact) mass is 529 g/mol. The first-order chi connectivity index (χ1) is 17.0. The van der Waals surface area contributed by atoms with Gasteiger partial charge in [0, 0.05) is 5.69 Å². The van der Waals surface area contributed by atoms with Gasteiger partial charge in [0.2, 0.25) is 0 Å². The van der Waals surface area contributed by atoms with Crippen molar-refractivity contribution in [3.63, 3.8) is 0 Å². The summed E-state index contributed by atoms with van der Waals surface area (Å²) in [6.07, 6.45) is 0. The first kappa shape index (κ1) is 22.9. The molecule has 6 nitrogen and oxygen atoms in total. The van der Waals surface area contributed by atoms with Gasteiger partial charge in [0.15, 0.2) is 5.76 Å². The van der Waals surface area contributed by atoms with Crippen molar-refractivity contribution in [1.82, 2.24) is 9.78 Å². The highest BCUT2D eigenvalue weighted by atomic mass is 79.9. The van der Waals surface area contributed by atoms with Crippen molar-refractivity contribution in [3.8, 4) is 5.75 Å². The van der Waals surface area contributed by atoms with Gasteiger partial charge in [-0.25, -0.2) is 0 Å². The molecular weight excluding hydrogens is 506 g/mol. The second kappa shape index (κ2) is 9.80. The van der Waals surface area contributed by atoms with Gasteiger partial charge in [0.25, 0.3) is 5.91 Å². The molecule has 1 amide bonds. The number of furan rings is 1. The van der Waals surface area contributed by atoms with Crippen LogP contribution < -0.4 is 10.1 Å². The number of carbonyl (C=O) groups is 1. The zero-order valence-corrected chi connectivity index (χ0v) is 21.0. The molecule has 0 aliphatic carbocycles. The number of nitrogens with zero attached hydrogens (tertiary/aromatic N) is 2. The number of carbonyl (C=O) groups excluding carboxylic acids is 1. The molecule has 0 unspecified atom stereocenters. The third-order valence-electron chi connectivity index (χ3n) is 5.80. The Hall–Kier alpha value is -3.84. The summed E-state index contributed by atoms with van der Waals surface area (Å²) in [5.74, 6) is 1.24. The van der Waals surface area contributed by atoms with Crippen LogP contribution in [0.2, 0.25) is 0 Å². The summed E-state index contributed by atoms with van der Waals surface area (Å²) in [7, 11) is 0. The maximum Gasteiger partial charge on any atom is 0.291 e.